The summed E-state index contributed by atoms with van der Waals surface area (Å²) in [6.45, 7) is 3.97. The molecule has 1 rings (SSSR count). The molecule has 2 N–H and O–H groups in total. The van der Waals surface area contributed by atoms with Crippen LogP contribution in [0.1, 0.15) is 25.8 Å². The van der Waals surface area contributed by atoms with Crippen LogP contribution >= 0.6 is 11.6 Å². The van der Waals surface area contributed by atoms with Gasteiger partial charge in [-0.3, -0.25) is 10.1 Å². The third-order valence-electron chi connectivity index (χ3n) is 2.81. The Morgan fingerprint density at radius 1 is 1.50 bits per heavy atom. The van der Waals surface area contributed by atoms with Crippen molar-refractivity contribution in [3.63, 3.8) is 0 Å². The Labute approximate surface area is 100 Å². The van der Waals surface area contributed by atoms with E-state index >= 15 is 0 Å². The van der Waals surface area contributed by atoms with Crippen LogP contribution in [0.3, 0.4) is 0 Å². The van der Waals surface area contributed by atoms with E-state index in [1.54, 1.807) is 13.0 Å². The fourth-order valence-electron chi connectivity index (χ4n) is 1.28. The van der Waals surface area contributed by atoms with Gasteiger partial charge < -0.3 is 5.11 Å². The Balaban J connectivity index is 2.71. The van der Waals surface area contributed by atoms with Gasteiger partial charge in [-0.15, -0.1) is 0 Å². The highest BCUT2D eigenvalue weighted by Gasteiger charge is 2.30. The maximum Gasteiger partial charge on any atom is 0.323 e. The molecule has 0 saturated carbocycles. The molecular weight excluding hydrogens is 226 g/mol. The number of carbonyl (C=O) groups is 1. The fourth-order valence-corrected chi connectivity index (χ4v) is 1.49. The van der Waals surface area contributed by atoms with Crippen LogP contribution < -0.4 is 5.32 Å². The van der Waals surface area contributed by atoms with Crippen LogP contribution in [0.25, 0.3) is 0 Å². The van der Waals surface area contributed by atoms with Crippen molar-refractivity contribution in [3.05, 3.63) is 34.9 Å². The summed E-state index contributed by atoms with van der Waals surface area (Å²) in [5, 5.41) is 12.8. The van der Waals surface area contributed by atoms with Crippen molar-refractivity contribution in [2.24, 2.45) is 0 Å². The molecule has 1 unspecified atom stereocenters. The topological polar surface area (TPSA) is 49.3 Å². The predicted octanol–water partition coefficient (Wildman–Crippen LogP) is 2.68. The van der Waals surface area contributed by atoms with E-state index in [1.807, 2.05) is 25.1 Å². The number of rotatable bonds is 5. The van der Waals surface area contributed by atoms with Gasteiger partial charge in [0, 0.05) is 11.6 Å². The van der Waals surface area contributed by atoms with Gasteiger partial charge in [0.05, 0.1) is 0 Å². The second-order valence-electron chi connectivity index (χ2n) is 3.94. The van der Waals surface area contributed by atoms with Gasteiger partial charge in [-0.1, -0.05) is 36.7 Å². The summed E-state index contributed by atoms with van der Waals surface area (Å²) in [5.74, 6) is -0.845. The minimum absolute atomic E-state index is 0.455. The normalized spacial score (nSPS) is 14.4. The second-order valence-corrected chi connectivity index (χ2v) is 4.34. The summed E-state index contributed by atoms with van der Waals surface area (Å²) in [6, 6.07) is 7.41. The molecule has 16 heavy (non-hydrogen) atoms. The molecule has 0 fully saturated rings. The van der Waals surface area contributed by atoms with Gasteiger partial charge >= 0.3 is 5.97 Å². The van der Waals surface area contributed by atoms with E-state index in [2.05, 4.69) is 5.32 Å². The van der Waals surface area contributed by atoms with Gasteiger partial charge in [0.1, 0.15) is 5.54 Å². The molecule has 0 aliphatic heterocycles. The molecule has 0 aliphatic carbocycles. The summed E-state index contributed by atoms with van der Waals surface area (Å²) in [4.78, 5) is 11.1. The zero-order chi connectivity index (χ0) is 12.2. The lowest BCUT2D eigenvalue weighted by molar-refractivity contribution is -0.144. The molecule has 1 aromatic carbocycles. The summed E-state index contributed by atoms with van der Waals surface area (Å²) in [5.41, 5.74) is 0.00389. The Morgan fingerprint density at radius 3 is 2.62 bits per heavy atom. The van der Waals surface area contributed by atoms with Gasteiger partial charge in [-0.25, -0.2) is 0 Å². The molecular formula is C12H16ClNO2. The summed E-state index contributed by atoms with van der Waals surface area (Å²) in [6.07, 6.45) is 0.521. The standard InChI is InChI=1S/C12H16ClNO2/c1-3-12(2,11(15)16)14-8-9-6-4-5-7-10(9)13/h4-7,14H,3,8H2,1-2H3,(H,15,16). The summed E-state index contributed by atoms with van der Waals surface area (Å²) < 4.78 is 0. The van der Waals surface area contributed by atoms with E-state index in [0.29, 0.717) is 18.0 Å². The number of nitrogens with one attached hydrogen (secondary N) is 1. The molecule has 1 aromatic rings. The van der Waals surface area contributed by atoms with E-state index < -0.39 is 11.5 Å². The van der Waals surface area contributed by atoms with Crippen molar-refractivity contribution in [2.45, 2.75) is 32.4 Å². The van der Waals surface area contributed by atoms with E-state index in [9.17, 15) is 4.79 Å². The molecule has 0 spiro atoms. The van der Waals surface area contributed by atoms with Crippen molar-refractivity contribution in [1.29, 1.82) is 0 Å². The van der Waals surface area contributed by atoms with Crippen LogP contribution in [-0.2, 0) is 11.3 Å². The van der Waals surface area contributed by atoms with Gasteiger partial charge in [0.25, 0.3) is 0 Å². The summed E-state index contributed by atoms with van der Waals surface area (Å²) >= 11 is 5.99. The SMILES string of the molecule is CCC(C)(NCc1ccccc1Cl)C(=O)O. The number of halogens is 1. The minimum Gasteiger partial charge on any atom is -0.480 e. The van der Waals surface area contributed by atoms with Gasteiger partial charge in [0.2, 0.25) is 0 Å². The number of carboxylic acids is 1. The third kappa shape index (κ3) is 2.97. The Bertz CT molecular complexity index is 381. The number of aliphatic carboxylic acids is 1. The molecule has 3 nitrogen and oxygen atoms in total. The molecule has 0 aromatic heterocycles. The highest BCUT2D eigenvalue weighted by atomic mass is 35.5. The average Bonchev–Trinajstić information content (AvgIpc) is 2.27. The zero-order valence-corrected chi connectivity index (χ0v) is 10.2. The van der Waals surface area contributed by atoms with Gasteiger partial charge in [-0.2, -0.15) is 0 Å². The largest absolute Gasteiger partial charge is 0.480 e. The minimum atomic E-state index is -0.904. The smallest absolute Gasteiger partial charge is 0.323 e. The van der Waals surface area contributed by atoms with Crippen LogP contribution in [0, 0.1) is 0 Å². The maximum absolute atomic E-state index is 11.1. The second kappa shape index (κ2) is 5.32. The molecule has 0 bridgehead atoms. The van der Waals surface area contributed by atoms with Gasteiger partial charge in [0.15, 0.2) is 0 Å². The van der Waals surface area contributed by atoms with Gasteiger partial charge in [-0.05, 0) is 25.0 Å². The maximum atomic E-state index is 11.1. The predicted molar refractivity (Wildman–Crippen MR) is 64.6 cm³/mol. The molecule has 0 radical (unpaired) electrons. The highest BCUT2D eigenvalue weighted by Crippen LogP contribution is 2.17. The zero-order valence-electron chi connectivity index (χ0n) is 9.46. The number of carboxylic acid groups (broad SMARTS) is 1. The van der Waals surface area contributed by atoms with Crippen LogP contribution in [0.5, 0.6) is 0 Å². The van der Waals surface area contributed by atoms with Crippen LogP contribution in [0.2, 0.25) is 5.02 Å². The molecule has 0 heterocycles. The first-order chi connectivity index (χ1) is 7.49. The summed E-state index contributed by atoms with van der Waals surface area (Å²) in [7, 11) is 0. The van der Waals surface area contributed by atoms with E-state index in [0.717, 1.165) is 5.56 Å². The lowest BCUT2D eigenvalue weighted by atomic mass is 9.99. The molecule has 0 aliphatic rings. The van der Waals surface area contributed by atoms with E-state index in [4.69, 9.17) is 16.7 Å². The van der Waals surface area contributed by atoms with E-state index in [1.165, 1.54) is 0 Å². The van der Waals surface area contributed by atoms with E-state index in [-0.39, 0.29) is 0 Å². The van der Waals surface area contributed by atoms with Crippen molar-refractivity contribution in [3.8, 4) is 0 Å². The van der Waals surface area contributed by atoms with Crippen LogP contribution in [-0.4, -0.2) is 16.6 Å². The Hall–Kier alpha value is -1.06. The monoisotopic (exact) mass is 241 g/mol. The lowest BCUT2D eigenvalue weighted by Crippen LogP contribution is -2.48. The molecule has 1 atom stereocenters. The third-order valence-corrected chi connectivity index (χ3v) is 3.17. The molecule has 0 saturated heterocycles. The lowest BCUT2D eigenvalue weighted by Gasteiger charge is -2.24. The molecule has 4 heteroatoms. The van der Waals surface area contributed by atoms with Crippen LogP contribution in [0.4, 0.5) is 0 Å². The Kier molecular flexibility index (Phi) is 4.33. The number of hydrogen-bond donors (Lipinski definition) is 2. The fraction of sp³-hybridized carbons (Fsp3) is 0.417. The van der Waals surface area contributed by atoms with Crippen molar-refractivity contribution < 1.29 is 9.90 Å². The van der Waals surface area contributed by atoms with Crippen LogP contribution in [0.15, 0.2) is 24.3 Å². The first-order valence-electron chi connectivity index (χ1n) is 5.21. The first kappa shape index (κ1) is 13.0. The Morgan fingerprint density at radius 2 is 2.12 bits per heavy atom. The highest BCUT2D eigenvalue weighted by molar-refractivity contribution is 6.31. The molecule has 0 amide bonds. The van der Waals surface area contributed by atoms with Crippen molar-refractivity contribution >= 4 is 17.6 Å². The quantitative estimate of drug-likeness (QED) is 0.833. The van der Waals surface area contributed by atoms with Crippen molar-refractivity contribution in [2.75, 3.05) is 0 Å². The number of benzene rings is 1. The average molecular weight is 242 g/mol. The number of hydrogen-bond acceptors (Lipinski definition) is 2. The first-order valence-corrected chi connectivity index (χ1v) is 5.59. The van der Waals surface area contributed by atoms with Crippen molar-refractivity contribution in [1.82, 2.24) is 5.32 Å². The molecule has 88 valence electrons.